The summed E-state index contributed by atoms with van der Waals surface area (Å²) < 4.78 is 0. The smallest absolute Gasteiger partial charge is 0.246 e. The lowest BCUT2D eigenvalue weighted by Crippen LogP contribution is -2.20. The summed E-state index contributed by atoms with van der Waals surface area (Å²) in [7, 11) is 1.60. The third-order valence-electron chi connectivity index (χ3n) is 1.85. The predicted octanol–water partition coefficient (Wildman–Crippen LogP) is 0.578. The van der Waals surface area contributed by atoms with Crippen LogP contribution in [0.15, 0.2) is 23.3 Å². The van der Waals surface area contributed by atoms with Crippen molar-refractivity contribution in [1.29, 1.82) is 0 Å². The lowest BCUT2D eigenvalue weighted by atomic mass is 9.99. The van der Waals surface area contributed by atoms with Crippen LogP contribution in [0.3, 0.4) is 0 Å². The molecular formula is C9H11NO2. The molecule has 0 atom stereocenters. The summed E-state index contributed by atoms with van der Waals surface area (Å²) in [4.78, 5) is 21.4. The Labute approximate surface area is 71.1 Å². The number of amides is 1. The SMILES string of the molecule is CNC(=O)C1=CC=C(C=O)CC1. The molecule has 0 spiro atoms. The van der Waals surface area contributed by atoms with Crippen molar-refractivity contribution in [3.8, 4) is 0 Å². The molecule has 0 bridgehead atoms. The monoisotopic (exact) mass is 165 g/mol. The molecule has 1 aliphatic carbocycles. The second kappa shape index (κ2) is 3.85. The number of allylic oxidation sites excluding steroid dienone is 3. The van der Waals surface area contributed by atoms with Crippen molar-refractivity contribution in [3.05, 3.63) is 23.3 Å². The van der Waals surface area contributed by atoms with E-state index in [1.807, 2.05) is 0 Å². The molecule has 0 aliphatic heterocycles. The highest BCUT2D eigenvalue weighted by Gasteiger charge is 2.10. The largest absolute Gasteiger partial charge is 0.355 e. The van der Waals surface area contributed by atoms with Crippen molar-refractivity contribution in [2.24, 2.45) is 0 Å². The van der Waals surface area contributed by atoms with Crippen LogP contribution < -0.4 is 5.32 Å². The highest BCUT2D eigenvalue weighted by molar-refractivity contribution is 5.94. The van der Waals surface area contributed by atoms with Crippen LogP contribution in [0.1, 0.15) is 12.8 Å². The Morgan fingerprint density at radius 1 is 1.50 bits per heavy atom. The van der Waals surface area contributed by atoms with Gasteiger partial charge in [-0.1, -0.05) is 12.2 Å². The molecular weight excluding hydrogens is 154 g/mol. The van der Waals surface area contributed by atoms with E-state index in [4.69, 9.17) is 0 Å². The molecule has 0 heterocycles. The first-order valence-corrected chi connectivity index (χ1v) is 3.85. The van der Waals surface area contributed by atoms with Gasteiger partial charge in [-0.15, -0.1) is 0 Å². The van der Waals surface area contributed by atoms with E-state index in [1.165, 1.54) is 0 Å². The molecule has 1 rings (SSSR count). The van der Waals surface area contributed by atoms with Crippen LogP contribution in [0.25, 0.3) is 0 Å². The van der Waals surface area contributed by atoms with Crippen LogP contribution in [0, 0.1) is 0 Å². The summed E-state index contributed by atoms with van der Waals surface area (Å²) >= 11 is 0. The maximum atomic E-state index is 11.1. The maximum absolute atomic E-state index is 11.1. The average molecular weight is 165 g/mol. The first-order chi connectivity index (χ1) is 5.77. The molecule has 12 heavy (non-hydrogen) atoms. The average Bonchev–Trinajstić information content (AvgIpc) is 2.17. The number of hydrogen-bond acceptors (Lipinski definition) is 2. The maximum Gasteiger partial charge on any atom is 0.246 e. The number of hydrogen-bond donors (Lipinski definition) is 1. The van der Waals surface area contributed by atoms with Crippen LogP contribution in [0.4, 0.5) is 0 Å². The van der Waals surface area contributed by atoms with Gasteiger partial charge < -0.3 is 5.32 Å². The number of nitrogens with one attached hydrogen (secondary N) is 1. The number of carbonyl (C=O) groups is 2. The number of aldehydes is 1. The Morgan fingerprint density at radius 3 is 2.67 bits per heavy atom. The molecule has 0 fully saturated rings. The van der Waals surface area contributed by atoms with E-state index in [0.29, 0.717) is 12.8 Å². The molecule has 0 saturated heterocycles. The fraction of sp³-hybridized carbons (Fsp3) is 0.333. The van der Waals surface area contributed by atoms with Gasteiger partial charge in [0.1, 0.15) is 6.29 Å². The van der Waals surface area contributed by atoms with Crippen molar-refractivity contribution >= 4 is 12.2 Å². The number of carbonyl (C=O) groups excluding carboxylic acids is 2. The minimum atomic E-state index is -0.0591. The third-order valence-corrected chi connectivity index (χ3v) is 1.85. The van der Waals surface area contributed by atoms with Crippen molar-refractivity contribution in [2.45, 2.75) is 12.8 Å². The first-order valence-electron chi connectivity index (χ1n) is 3.85. The van der Waals surface area contributed by atoms with Crippen LogP contribution in [0.2, 0.25) is 0 Å². The van der Waals surface area contributed by atoms with Gasteiger partial charge in [-0.25, -0.2) is 0 Å². The third kappa shape index (κ3) is 1.81. The van der Waals surface area contributed by atoms with E-state index in [9.17, 15) is 9.59 Å². The molecule has 64 valence electrons. The summed E-state index contributed by atoms with van der Waals surface area (Å²) in [6, 6.07) is 0. The zero-order valence-electron chi connectivity index (χ0n) is 6.96. The molecule has 1 amide bonds. The van der Waals surface area contributed by atoms with Gasteiger partial charge in [-0.05, 0) is 18.4 Å². The van der Waals surface area contributed by atoms with E-state index in [-0.39, 0.29) is 5.91 Å². The highest BCUT2D eigenvalue weighted by atomic mass is 16.1. The van der Waals surface area contributed by atoms with Crippen molar-refractivity contribution in [2.75, 3.05) is 7.05 Å². The molecule has 3 heteroatoms. The molecule has 0 aromatic heterocycles. The van der Waals surface area contributed by atoms with Gasteiger partial charge in [0.25, 0.3) is 0 Å². The molecule has 3 nitrogen and oxygen atoms in total. The lowest BCUT2D eigenvalue weighted by Gasteiger charge is -2.09. The van der Waals surface area contributed by atoms with Gasteiger partial charge in [0.05, 0.1) is 0 Å². The molecule has 0 saturated carbocycles. The second-order valence-electron chi connectivity index (χ2n) is 2.63. The van der Waals surface area contributed by atoms with Gasteiger partial charge in [0.15, 0.2) is 0 Å². The van der Waals surface area contributed by atoms with E-state index in [2.05, 4.69) is 5.32 Å². The zero-order chi connectivity index (χ0) is 8.97. The van der Waals surface area contributed by atoms with E-state index < -0.39 is 0 Å². The molecule has 0 radical (unpaired) electrons. The Morgan fingerprint density at radius 2 is 2.25 bits per heavy atom. The van der Waals surface area contributed by atoms with Gasteiger partial charge in [0, 0.05) is 12.6 Å². The Bertz CT molecular complexity index is 264. The van der Waals surface area contributed by atoms with Gasteiger partial charge >= 0.3 is 0 Å². The Balaban J connectivity index is 2.72. The fourth-order valence-corrected chi connectivity index (χ4v) is 1.10. The van der Waals surface area contributed by atoms with Crippen LogP contribution >= 0.6 is 0 Å². The summed E-state index contributed by atoms with van der Waals surface area (Å²) in [5, 5.41) is 2.54. The number of rotatable bonds is 2. The van der Waals surface area contributed by atoms with Crippen molar-refractivity contribution in [1.82, 2.24) is 5.32 Å². The van der Waals surface area contributed by atoms with Crippen LogP contribution in [-0.4, -0.2) is 19.2 Å². The van der Waals surface area contributed by atoms with Gasteiger partial charge in [-0.2, -0.15) is 0 Å². The van der Waals surface area contributed by atoms with Gasteiger partial charge in [-0.3, -0.25) is 9.59 Å². The second-order valence-corrected chi connectivity index (χ2v) is 2.63. The molecule has 0 aromatic rings. The highest BCUT2D eigenvalue weighted by Crippen LogP contribution is 2.16. The summed E-state index contributed by atoms with van der Waals surface area (Å²) in [5.41, 5.74) is 1.49. The first kappa shape index (κ1) is 8.71. The fourth-order valence-electron chi connectivity index (χ4n) is 1.10. The van der Waals surface area contributed by atoms with E-state index >= 15 is 0 Å². The molecule has 0 unspecified atom stereocenters. The topological polar surface area (TPSA) is 46.2 Å². The Kier molecular flexibility index (Phi) is 2.80. The Hall–Kier alpha value is -1.38. The summed E-state index contributed by atoms with van der Waals surface area (Å²) in [6.07, 6.45) is 5.55. The molecule has 0 aromatic carbocycles. The lowest BCUT2D eigenvalue weighted by molar-refractivity contribution is -0.117. The van der Waals surface area contributed by atoms with E-state index in [1.54, 1.807) is 19.2 Å². The zero-order valence-corrected chi connectivity index (χ0v) is 6.96. The van der Waals surface area contributed by atoms with Gasteiger partial charge in [0.2, 0.25) is 5.91 Å². The summed E-state index contributed by atoms with van der Waals surface area (Å²) in [5.74, 6) is -0.0591. The number of likely N-dealkylation sites (N-methyl/N-ethyl adjacent to an activating group) is 1. The van der Waals surface area contributed by atoms with E-state index in [0.717, 1.165) is 17.4 Å². The quantitative estimate of drug-likeness (QED) is 0.608. The standard InChI is InChI=1S/C9H11NO2/c1-10-9(12)8-4-2-7(6-11)3-5-8/h2,4,6H,3,5H2,1H3,(H,10,12). The summed E-state index contributed by atoms with van der Waals surface area (Å²) in [6.45, 7) is 0. The minimum Gasteiger partial charge on any atom is -0.355 e. The normalized spacial score (nSPS) is 16.1. The van der Waals surface area contributed by atoms with Crippen LogP contribution in [0.5, 0.6) is 0 Å². The van der Waals surface area contributed by atoms with Crippen molar-refractivity contribution in [3.63, 3.8) is 0 Å². The minimum absolute atomic E-state index is 0.0591. The van der Waals surface area contributed by atoms with Crippen molar-refractivity contribution < 1.29 is 9.59 Å². The molecule has 1 N–H and O–H groups in total. The van der Waals surface area contributed by atoms with Crippen LogP contribution in [-0.2, 0) is 9.59 Å². The molecule has 1 aliphatic rings. The predicted molar refractivity (Wildman–Crippen MR) is 45.5 cm³/mol.